The minimum atomic E-state index is -0.235. The molecule has 18 heavy (non-hydrogen) atoms. The lowest BCUT2D eigenvalue weighted by Gasteiger charge is -2.23. The zero-order valence-electron chi connectivity index (χ0n) is 10.8. The number of carbonyl (C=O) groups is 1. The third-order valence-electron chi connectivity index (χ3n) is 3.44. The van der Waals surface area contributed by atoms with Crippen LogP contribution in [-0.4, -0.2) is 31.7 Å². The van der Waals surface area contributed by atoms with Crippen LogP contribution >= 0.6 is 0 Å². The minimum Gasteiger partial charge on any atom is -0.468 e. The summed E-state index contributed by atoms with van der Waals surface area (Å²) in [5.41, 5.74) is 1.23. The van der Waals surface area contributed by atoms with Gasteiger partial charge >= 0.3 is 5.97 Å². The lowest BCUT2D eigenvalue weighted by atomic mass is 10.0. The number of hydrogen-bond acceptors (Lipinski definition) is 4. The summed E-state index contributed by atoms with van der Waals surface area (Å²) < 4.78 is 4.81. The lowest BCUT2D eigenvalue weighted by Crippen LogP contribution is -2.47. The van der Waals surface area contributed by atoms with Crippen LogP contribution in [-0.2, 0) is 9.53 Å². The summed E-state index contributed by atoms with van der Waals surface area (Å²) in [6, 6.07) is 10.4. The maximum Gasteiger partial charge on any atom is 0.324 e. The first-order chi connectivity index (χ1) is 8.72. The minimum absolute atomic E-state index is 0.132. The van der Waals surface area contributed by atoms with E-state index >= 15 is 0 Å². The molecule has 0 radical (unpaired) electrons. The second kappa shape index (κ2) is 5.98. The molecule has 2 rings (SSSR count). The van der Waals surface area contributed by atoms with Crippen LogP contribution in [0.15, 0.2) is 30.3 Å². The van der Waals surface area contributed by atoms with Gasteiger partial charge in [-0.1, -0.05) is 30.3 Å². The number of nitrogens with one attached hydrogen (secondary N) is 2. The zero-order valence-corrected chi connectivity index (χ0v) is 10.8. The lowest BCUT2D eigenvalue weighted by molar-refractivity contribution is -0.143. The van der Waals surface area contributed by atoms with Gasteiger partial charge in [0.25, 0.3) is 0 Å². The van der Waals surface area contributed by atoms with E-state index in [-0.39, 0.29) is 24.1 Å². The third-order valence-corrected chi connectivity index (χ3v) is 3.44. The molecule has 2 N–H and O–H groups in total. The third kappa shape index (κ3) is 2.89. The van der Waals surface area contributed by atoms with E-state index in [1.165, 1.54) is 12.7 Å². The van der Waals surface area contributed by atoms with E-state index in [0.717, 1.165) is 13.0 Å². The van der Waals surface area contributed by atoms with Crippen LogP contribution in [0.1, 0.15) is 24.9 Å². The van der Waals surface area contributed by atoms with E-state index in [9.17, 15) is 4.79 Å². The van der Waals surface area contributed by atoms with E-state index < -0.39 is 0 Å². The van der Waals surface area contributed by atoms with Crippen molar-refractivity contribution in [2.45, 2.75) is 31.5 Å². The highest BCUT2D eigenvalue weighted by Crippen LogP contribution is 2.16. The van der Waals surface area contributed by atoms with Gasteiger partial charge in [-0.25, -0.2) is 0 Å². The van der Waals surface area contributed by atoms with Crippen molar-refractivity contribution in [3.8, 4) is 0 Å². The van der Waals surface area contributed by atoms with Crippen LogP contribution in [0, 0.1) is 0 Å². The van der Waals surface area contributed by atoms with Gasteiger partial charge in [0, 0.05) is 12.1 Å². The highest BCUT2D eigenvalue weighted by atomic mass is 16.5. The first kappa shape index (κ1) is 13.1. The molecule has 1 aromatic rings. The molecule has 0 bridgehead atoms. The SMILES string of the molecule is COC(=O)[C@@H]1NCC[C@@H]1N[C@@H](C)c1ccccc1. The Kier molecular flexibility index (Phi) is 4.33. The molecule has 1 aliphatic rings. The van der Waals surface area contributed by atoms with Gasteiger partial charge in [-0.15, -0.1) is 0 Å². The monoisotopic (exact) mass is 248 g/mol. The number of hydrogen-bond donors (Lipinski definition) is 2. The molecule has 0 amide bonds. The van der Waals surface area contributed by atoms with Gasteiger partial charge in [0.2, 0.25) is 0 Å². The van der Waals surface area contributed by atoms with Crippen molar-refractivity contribution >= 4 is 5.97 Å². The molecule has 0 unspecified atom stereocenters. The largest absolute Gasteiger partial charge is 0.468 e. The number of carbonyl (C=O) groups excluding carboxylic acids is 1. The number of methoxy groups -OCH3 is 1. The van der Waals surface area contributed by atoms with Gasteiger partial charge in [-0.3, -0.25) is 4.79 Å². The Morgan fingerprint density at radius 2 is 2.17 bits per heavy atom. The second-order valence-electron chi connectivity index (χ2n) is 4.65. The van der Waals surface area contributed by atoms with Gasteiger partial charge < -0.3 is 15.4 Å². The van der Waals surface area contributed by atoms with Crippen LogP contribution in [0.25, 0.3) is 0 Å². The fourth-order valence-electron chi connectivity index (χ4n) is 2.42. The summed E-state index contributed by atoms with van der Waals surface area (Å²) in [4.78, 5) is 11.6. The van der Waals surface area contributed by atoms with Crippen molar-refractivity contribution in [2.75, 3.05) is 13.7 Å². The second-order valence-corrected chi connectivity index (χ2v) is 4.65. The number of benzene rings is 1. The number of esters is 1. The van der Waals surface area contributed by atoms with Crippen molar-refractivity contribution in [3.05, 3.63) is 35.9 Å². The maximum atomic E-state index is 11.6. The molecule has 1 fully saturated rings. The van der Waals surface area contributed by atoms with Crippen molar-refractivity contribution in [1.82, 2.24) is 10.6 Å². The molecule has 1 aliphatic heterocycles. The Morgan fingerprint density at radius 3 is 2.83 bits per heavy atom. The summed E-state index contributed by atoms with van der Waals surface area (Å²) in [5, 5.41) is 6.67. The summed E-state index contributed by atoms with van der Waals surface area (Å²) in [7, 11) is 1.43. The molecule has 0 saturated carbocycles. The molecule has 0 aromatic heterocycles. The predicted molar refractivity (Wildman–Crippen MR) is 70.2 cm³/mol. The van der Waals surface area contributed by atoms with Gasteiger partial charge in [0.05, 0.1) is 7.11 Å². The van der Waals surface area contributed by atoms with Gasteiger partial charge in [0.1, 0.15) is 6.04 Å². The Balaban J connectivity index is 1.98. The molecule has 1 heterocycles. The summed E-state index contributed by atoms with van der Waals surface area (Å²) >= 11 is 0. The first-order valence-electron chi connectivity index (χ1n) is 6.34. The van der Waals surface area contributed by atoms with Crippen molar-refractivity contribution in [2.24, 2.45) is 0 Å². The Labute approximate surface area is 108 Å². The molecular weight excluding hydrogens is 228 g/mol. The molecular formula is C14H20N2O2. The van der Waals surface area contributed by atoms with Crippen molar-refractivity contribution in [3.63, 3.8) is 0 Å². The maximum absolute atomic E-state index is 11.6. The summed E-state index contributed by atoms with van der Waals surface area (Å²) in [6.45, 7) is 2.96. The molecule has 4 nitrogen and oxygen atoms in total. The molecule has 98 valence electrons. The van der Waals surface area contributed by atoms with E-state index in [4.69, 9.17) is 4.74 Å². The Morgan fingerprint density at radius 1 is 1.44 bits per heavy atom. The quantitative estimate of drug-likeness (QED) is 0.787. The summed E-state index contributed by atoms with van der Waals surface area (Å²) in [6.07, 6.45) is 0.941. The van der Waals surface area contributed by atoms with Gasteiger partial charge in [-0.2, -0.15) is 0 Å². The topological polar surface area (TPSA) is 50.4 Å². The van der Waals surface area contributed by atoms with Gasteiger partial charge in [-0.05, 0) is 25.5 Å². The molecule has 3 atom stereocenters. The molecule has 0 spiro atoms. The van der Waals surface area contributed by atoms with E-state index in [0.29, 0.717) is 0 Å². The highest BCUT2D eigenvalue weighted by molar-refractivity contribution is 5.77. The first-order valence-corrected chi connectivity index (χ1v) is 6.34. The van der Waals surface area contributed by atoms with E-state index in [1.807, 2.05) is 18.2 Å². The number of rotatable bonds is 4. The molecule has 0 aliphatic carbocycles. The Hall–Kier alpha value is -1.39. The standard InChI is InChI=1S/C14H20N2O2/c1-10(11-6-4-3-5-7-11)16-12-8-9-15-13(12)14(17)18-2/h3-7,10,12-13,15-16H,8-9H2,1-2H3/t10-,12-,13+/m0/s1. The smallest absolute Gasteiger partial charge is 0.324 e. The predicted octanol–water partition coefficient (Wildman–Crippen LogP) is 1.24. The molecule has 1 aromatic carbocycles. The van der Waals surface area contributed by atoms with Crippen LogP contribution in [0.5, 0.6) is 0 Å². The van der Waals surface area contributed by atoms with Crippen molar-refractivity contribution in [1.29, 1.82) is 0 Å². The van der Waals surface area contributed by atoms with Crippen molar-refractivity contribution < 1.29 is 9.53 Å². The van der Waals surface area contributed by atoms with Crippen LogP contribution < -0.4 is 10.6 Å². The normalized spacial score (nSPS) is 24.8. The fraction of sp³-hybridized carbons (Fsp3) is 0.500. The zero-order chi connectivity index (χ0) is 13.0. The van der Waals surface area contributed by atoms with Crippen LogP contribution in [0.4, 0.5) is 0 Å². The molecule has 4 heteroatoms. The van der Waals surface area contributed by atoms with E-state index in [1.54, 1.807) is 0 Å². The summed E-state index contributed by atoms with van der Waals surface area (Å²) in [5.74, 6) is -0.190. The van der Waals surface area contributed by atoms with Gasteiger partial charge in [0.15, 0.2) is 0 Å². The van der Waals surface area contributed by atoms with Crippen LogP contribution in [0.3, 0.4) is 0 Å². The fourth-order valence-corrected chi connectivity index (χ4v) is 2.42. The Bertz CT molecular complexity index is 394. The van der Waals surface area contributed by atoms with Crippen LogP contribution in [0.2, 0.25) is 0 Å². The average molecular weight is 248 g/mol. The van der Waals surface area contributed by atoms with E-state index in [2.05, 4.69) is 29.7 Å². The average Bonchev–Trinajstić information content (AvgIpc) is 2.87. The molecule has 1 saturated heterocycles. The highest BCUT2D eigenvalue weighted by Gasteiger charge is 2.34. The number of ether oxygens (including phenoxy) is 1.